The van der Waals surface area contributed by atoms with E-state index in [0.717, 1.165) is 56.0 Å². The number of H-pyrrole nitrogens is 1. The van der Waals surface area contributed by atoms with E-state index in [2.05, 4.69) is 27.4 Å². The molecule has 1 saturated heterocycles. The van der Waals surface area contributed by atoms with E-state index in [9.17, 15) is 4.79 Å². The summed E-state index contributed by atoms with van der Waals surface area (Å²) < 4.78 is 0. The molecule has 0 bridgehead atoms. The molecule has 1 aromatic heterocycles. The number of carbonyl (C=O) groups excluding carboxylic acids is 1. The molecule has 0 aliphatic carbocycles. The fourth-order valence-electron chi connectivity index (χ4n) is 3.04. The molecular weight excluding hydrogens is 302 g/mol. The highest BCUT2D eigenvalue weighted by molar-refractivity contribution is 5.74. The molecule has 128 valence electrons. The molecule has 6 nitrogen and oxygen atoms in total. The monoisotopic (exact) mass is 327 g/mol. The van der Waals surface area contributed by atoms with Gasteiger partial charge in [0, 0.05) is 31.1 Å². The lowest BCUT2D eigenvalue weighted by Crippen LogP contribution is -2.45. The highest BCUT2D eigenvalue weighted by Crippen LogP contribution is 2.26. The van der Waals surface area contributed by atoms with Crippen LogP contribution in [0.4, 0.5) is 4.79 Å². The number of rotatable bonds is 5. The standard InChI is InChI=1S/C18H25N5O/c1-2-3-11-19-18(24)23-12-7-10-15(13-23)17-20-16(21-22-17)14-8-5-4-6-9-14/h4-6,8-9,15H,2-3,7,10-13H2,1H3,(H,19,24)(H,20,21,22)/t15-/m0/s1. The first kappa shape index (κ1) is 16.5. The number of aromatic nitrogens is 3. The normalized spacial score (nSPS) is 17.7. The Labute approximate surface area is 142 Å². The fourth-order valence-corrected chi connectivity index (χ4v) is 3.04. The summed E-state index contributed by atoms with van der Waals surface area (Å²) in [5.41, 5.74) is 1.00. The van der Waals surface area contributed by atoms with Crippen molar-refractivity contribution in [2.75, 3.05) is 19.6 Å². The third kappa shape index (κ3) is 3.93. The molecule has 2 aromatic rings. The number of piperidine rings is 1. The first-order chi connectivity index (χ1) is 11.8. The van der Waals surface area contributed by atoms with Crippen LogP contribution in [0.25, 0.3) is 11.4 Å². The molecule has 0 unspecified atom stereocenters. The van der Waals surface area contributed by atoms with Crippen molar-refractivity contribution in [2.45, 2.75) is 38.5 Å². The van der Waals surface area contributed by atoms with Gasteiger partial charge in [-0.15, -0.1) is 0 Å². The lowest BCUT2D eigenvalue weighted by atomic mass is 9.97. The second-order valence-electron chi connectivity index (χ2n) is 6.28. The predicted octanol–water partition coefficient (Wildman–Crippen LogP) is 3.16. The van der Waals surface area contributed by atoms with Gasteiger partial charge in [0.1, 0.15) is 5.82 Å². The Morgan fingerprint density at radius 2 is 2.21 bits per heavy atom. The SMILES string of the molecule is CCCCNC(=O)N1CCC[C@H](c2nc(-c3ccccc3)n[nH]2)C1. The highest BCUT2D eigenvalue weighted by Gasteiger charge is 2.26. The first-order valence-corrected chi connectivity index (χ1v) is 8.78. The number of carbonyl (C=O) groups is 1. The summed E-state index contributed by atoms with van der Waals surface area (Å²) in [4.78, 5) is 18.8. The fraction of sp³-hybridized carbons (Fsp3) is 0.500. The van der Waals surface area contributed by atoms with Crippen molar-refractivity contribution in [2.24, 2.45) is 0 Å². The third-order valence-electron chi connectivity index (χ3n) is 4.44. The lowest BCUT2D eigenvalue weighted by Gasteiger charge is -2.31. The number of aromatic amines is 1. The van der Waals surface area contributed by atoms with Crippen LogP contribution in [0.1, 0.15) is 44.3 Å². The number of unbranched alkanes of at least 4 members (excludes halogenated alkanes) is 1. The van der Waals surface area contributed by atoms with E-state index in [4.69, 9.17) is 0 Å². The Bertz CT molecular complexity index is 654. The summed E-state index contributed by atoms with van der Waals surface area (Å²) in [7, 11) is 0. The molecule has 2 heterocycles. The maximum Gasteiger partial charge on any atom is 0.317 e. The smallest absolute Gasteiger partial charge is 0.317 e. The van der Waals surface area contributed by atoms with Crippen LogP contribution in [-0.4, -0.2) is 45.7 Å². The summed E-state index contributed by atoms with van der Waals surface area (Å²) >= 11 is 0. The Morgan fingerprint density at radius 3 is 3.00 bits per heavy atom. The van der Waals surface area contributed by atoms with Crippen molar-refractivity contribution in [3.05, 3.63) is 36.2 Å². The number of benzene rings is 1. The van der Waals surface area contributed by atoms with Crippen molar-refractivity contribution < 1.29 is 4.79 Å². The Balaban J connectivity index is 1.63. The number of likely N-dealkylation sites (tertiary alicyclic amines) is 1. The average Bonchev–Trinajstić information content (AvgIpc) is 3.13. The van der Waals surface area contributed by atoms with Gasteiger partial charge in [-0.25, -0.2) is 9.78 Å². The molecule has 2 N–H and O–H groups in total. The van der Waals surface area contributed by atoms with Crippen LogP contribution in [0.3, 0.4) is 0 Å². The minimum absolute atomic E-state index is 0.0379. The van der Waals surface area contributed by atoms with Gasteiger partial charge < -0.3 is 10.2 Å². The zero-order valence-corrected chi connectivity index (χ0v) is 14.2. The molecule has 0 radical (unpaired) electrons. The van der Waals surface area contributed by atoms with Gasteiger partial charge in [-0.1, -0.05) is 43.7 Å². The van der Waals surface area contributed by atoms with Gasteiger partial charge >= 0.3 is 6.03 Å². The zero-order valence-electron chi connectivity index (χ0n) is 14.2. The van der Waals surface area contributed by atoms with E-state index in [0.29, 0.717) is 6.54 Å². The Morgan fingerprint density at radius 1 is 1.38 bits per heavy atom. The van der Waals surface area contributed by atoms with E-state index in [-0.39, 0.29) is 11.9 Å². The number of hydrogen-bond acceptors (Lipinski definition) is 3. The van der Waals surface area contributed by atoms with E-state index < -0.39 is 0 Å². The van der Waals surface area contributed by atoms with Crippen molar-refractivity contribution in [1.29, 1.82) is 0 Å². The number of urea groups is 1. The van der Waals surface area contributed by atoms with Crippen molar-refractivity contribution in [3.63, 3.8) is 0 Å². The van der Waals surface area contributed by atoms with Crippen LogP contribution >= 0.6 is 0 Å². The van der Waals surface area contributed by atoms with E-state index >= 15 is 0 Å². The third-order valence-corrected chi connectivity index (χ3v) is 4.44. The molecule has 1 aromatic carbocycles. The molecule has 24 heavy (non-hydrogen) atoms. The van der Waals surface area contributed by atoms with Crippen LogP contribution < -0.4 is 5.32 Å². The van der Waals surface area contributed by atoms with Crippen LogP contribution in [0.5, 0.6) is 0 Å². The van der Waals surface area contributed by atoms with Crippen LogP contribution in [0.2, 0.25) is 0 Å². The second-order valence-corrected chi connectivity index (χ2v) is 6.28. The summed E-state index contributed by atoms with van der Waals surface area (Å²) in [6.07, 6.45) is 4.13. The topological polar surface area (TPSA) is 73.9 Å². The van der Waals surface area contributed by atoms with Crippen molar-refractivity contribution in [3.8, 4) is 11.4 Å². The van der Waals surface area contributed by atoms with Gasteiger partial charge in [0.25, 0.3) is 0 Å². The van der Waals surface area contributed by atoms with Crippen LogP contribution in [0, 0.1) is 0 Å². The highest BCUT2D eigenvalue weighted by atomic mass is 16.2. The molecule has 1 atom stereocenters. The minimum atomic E-state index is 0.0379. The molecule has 2 amide bonds. The summed E-state index contributed by atoms with van der Waals surface area (Å²) in [5.74, 6) is 1.82. The molecule has 6 heteroatoms. The average molecular weight is 327 g/mol. The van der Waals surface area contributed by atoms with E-state index in [1.165, 1.54) is 0 Å². The number of hydrogen-bond donors (Lipinski definition) is 2. The van der Waals surface area contributed by atoms with Gasteiger partial charge in [0.2, 0.25) is 0 Å². The second kappa shape index (κ2) is 7.95. The van der Waals surface area contributed by atoms with Crippen molar-refractivity contribution in [1.82, 2.24) is 25.4 Å². The lowest BCUT2D eigenvalue weighted by molar-refractivity contribution is 0.178. The molecule has 3 rings (SSSR count). The van der Waals surface area contributed by atoms with Gasteiger partial charge in [0.15, 0.2) is 5.82 Å². The number of nitrogens with one attached hydrogen (secondary N) is 2. The van der Waals surface area contributed by atoms with Gasteiger partial charge in [-0.05, 0) is 19.3 Å². The molecule has 0 spiro atoms. The largest absolute Gasteiger partial charge is 0.338 e. The zero-order chi connectivity index (χ0) is 16.8. The Hall–Kier alpha value is -2.37. The molecule has 0 saturated carbocycles. The van der Waals surface area contributed by atoms with Crippen molar-refractivity contribution >= 4 is 6.03 Å². The summed E-state index contributed by atoms with van der Waals surface area (Å²) in [6.45, 7) is 4.38. The molecule has 1 fully saturated rings. The maximum absolute atomic E-state index is 12.2. The van der Waals surface area contributed by atoms with Crippen LogP contribution in [-0.2, 0) is 0 Å². The predicted molar refractivity (Wildman–Crippen MR) is 93.7 cm³/mol. The van der Waals surface area contributed by atoms with Gasteiger partial charge in [-0.2, -0.15) is 5.10 Å². The van der Waals surface area contributed by atoms with E-state index in [1.54, 1.807) is 0 Å². The molecular formula is C18H25N5O. The van der Waals surface area contributed by atoms with E-state index in [1.807, 2.05) is 35.2 Å². The quantitative estimate of drug-likeness (QED) is 0.828. The van der Waals surface area contributed by atoms with Gasteiger partial charge in [0.05, 0.1) is 0 Å². The summed E-state index contributed by atoms with van der Waals surface area (Å²) in [5, 5.41) is 10.4. The maximum atomic E-state index is 12.2. The number of amides is 2. The number of nitrogens with zero attached hydrogens (tertiary/aromatic N) is 3. The minimum Gasteiger partial charge on any atom is -0.338 e. The Kier molecular flexibility index (Phi) is 5.46. The summed E-state index contributed by atoms with van der Waals surface area (Å²) in [6, 6.07) is 9.98. The van der Waals surface area contributed by atoms with Crippen LogP contribution in [0.15, 0.2) is 30.3 Å². The first-order valence-electron chi connectivity index (χ1n) is 8.78. The molecule has 1 aliphatic heterocycles. The van der Waals surface area contributed by atoms with Gasteiger partial charge in [-0.3, -0.25) is 5.10 Å². The molecule has 1 aliphatic rings.